The number of hydrogen-bond acceptors (Lipinski definition) is 5. The van der Waals surface area contributed by atoms with E-state index in [0.29, 0.717) is 11.1 Å². The van der Waals surface area contributed by atoms with Crippen LogP contribution in [0, 0.1) is 0 Å². The molecule has 3 aromatic rings. The van der Waals surface area contributed by atoms with Gasteiger partial charge in [-0.1, -0.05) is 66.7 Å². The van der Waals surface area contributed by atoms with Crippen molar-refractivity contribution >= 4 is 38.5 Å². The van der Waals surface area contributed by atoms with Gasteiger partial charge in [0.2, 0.25) is 10.0 Å². The van der Waals surface area contributed by atoms with Gasteiger partial charge in [0.25, 0.3) is 5.91 Å². The number of fused-ring (bicyclic) bond motifs is 1. The van der Waals surface area contributed by atoms with Crippen molar-refractivity contribution in [1.29, 1.82) is 0 Å². The molecule has 3 amide bonds. The molecule has 9 nitrogen and oxygen atoms in total. The molecule has 0 saturated carbocycles. The van der Waals surface area contributed by atoms with Crippen molar-refractivity contribution < 1.29 is 22.8 Å². The number of rotatable bonds is 8. The van der Waals surface area contributed by atoms with Gasteiger partial charge in [0.15, 0.2) is 0 Å². The summed E-state index contributed by atoms with van der Waals surface area (Å²) in [5.74, 6) is -2.18. The molecule has 3 rings (SSSR count). The third kappa shape index (κ3) is 7.23. The lowest BCUT2D eigenvalue weighted by Crippen LogP contribution is -2.40. The van der Waals surface area contributed by atoms with Crippen LogP contribution in [0.15, 0.2) is 78.2 Å². The maximum atomic E-state index is 13.0. The third-order valence-electron chi connectivity index (χ3n) is 5.21. The minimum atomic E-state index is -3.81. The highest BCUT2D eigenvalue weighted by Crippen LogP contribution is 2.24. The maximum absolute atomic E-state index is 13.0. The number of nitrogens with one attached hydrogen (secondary N) is 3. The summed E-state index contributed by atoms with van der Waals surface area (Å²) in [6, 6.07) is 20.4. The number of nitrogens with two attached hydrogens (primary N) is 1. The van der Waals surface area contributed by atoms with Crippen LogP contribution in [0.1, 0.15) is 34.5 Å². The van der Waals surface area contributed by atoms with Crippen LogP contribution >= 0.6 is 0 Å². The van der Waals surface area contributed by atoms with Crippen LogP contribution in [0.4, 0.5) is 0 Å². The highest BCUT2D eigenvalue weighted by Gasteiger charge is 2.18. The fourth-order valence-corrected chi connectivity index (χ4v) is 3.91. The van der Waals surface area contributed by atoms with E-state index in [2.05, 4.69) is 16.0 Å². The highest BCUT2D eigenvalue weighted by molar-refractivity contribution is 7.92. The summed E-state index contributed by atoms with van der Waals surface area (Å²) in [5, 5.41) is 15.4. The van der Waals surface area contributed by atoms with Crippen LogP contribution in [-0.2, 0) is 26.2 Å². The molecule has 10 heteroatoms. The van der Waals surface area contributed by atoms with Crippen LogP contribution in [-0.4, -0.2) is 32.7 Å². The zero-order valence-corrected chi connectivity index (χ0v) is 19.8. The van der Waals surface area contributed by atoms with Gasteiger partial charge in [0, 0.05) is 24.1 Å². The quantitative estimate of drug-likeness (QED) is 0.353. The maximum Gasteiger partial charge on any atom is 0.309 e. The summed E-state index contributed by atoms with van der Waals surface area (Å²) < 4.78 is 21.7. The lowest BCUT2D eigenvalue weighted by molar-refractivity contribution is -0.139. The molecule has 3 aromatic carbocycles. The van der Waals surface area contributed by atoms with Crippen LogP contribution in [0.25, 0.3) is 10.8 Å². The van der Waals surface area contributed by atoms with Gasteiger partial charge in [-0.2, -0.15) is 0 Å². The summed E-state index contributed by atoms with van der Waals surface area (Å²) in [7, 11) is -3.81. The molecule has 0 aliphatic rings. The van der Waals surface area contributed by atoms with Crippen LogP contribution in [0.5, 0.6) is 0 Å². The van der Waals surface area contributed by atoms with Crippen molar-refractivity contribution in [3.05, 3.63) is 94.9 Å². The smallest absolute Gasteiger partial charge is 0.309 e. The summed E-state index contributed by atoms with van der Waals surface area (Å²) in [5.41, 5.74) is 1.89. The topological polar surface area (TPSA) is 147 Å². The number of sulfonamides is 1. The Morgan fingerprint density at radius 1 is 0.914 bits per heavy atom. The van der Waals surface area contributed by atoms with Crippen molar-refractivity contribution in [2.75, 3.05) is 6.54 Å². The van der Waals surface area contributed by atoms with E-state index in [9.17, 15) is 22.8 Å². The fourth-order valence-electron chi connectivity index (χ4n) is 3.55. The molecule has 182 valence electrons. The number of primary sulfonamides is 1. The van der Waals surface area contributed by atoms with Gasteiger partial charge in [0.05, 0.1) is 6.04 Å². The summed E-state index contributed by atoms with van der Waals surface area (Å²) in [4.78, 5) is 37.0. The zero-order chi connectivity index (χ0) is 25.4. The molecular formula is C25H26N4O5S. The molecule has 35 heavy (non-hydrogen) atoms. The Morgan fingerprint density at radius 3 is 2.34 bits per heavy atom. The Labute approximate surface area is 203 Å². The molecular weight excluding hydrogens is 468 g/mol. The molecule has 0 fully saturated rings. The van der Waals surface area contributed by atoms with Crippen molar-refractivity contribution in [1.82, 2.24) is 16.0 Å². The average Bonchev–Trinajstić information content (AvgIpc) is 2.84. The third-order valence-corrected chi connectivity index (χ3v) is 5.78. The van der Waals surface area contributed by atoms with Gasteiger partial charge in [-0.15, -0.1) is 0 Å². The monoisotopic (exact) mass is 494 g/mol. The van der Waals surface area contributed by atoms with Crippen molar-refractivity contribution in [2.24, 2.45) is 5.14 Å². The molecule has 1 atom stereocenters. The predicted molar refractivity (Wildman–Crippen MR) is 133 cm³/mol. The molecule has 5 N–H and O–H groups in total. The van der Waals surface area contributed by atoms with Gasteiger partial charge >= 0.3 is 11.8 Å². The van der Waals surface area contributed by atoms with Crippen LogP contribution in [0.2, 0.25) is 0 Å². The lowest BCUT2D eigenvalue weighted by Gasteiger charge is -2.18. The molecule has 1 unspecified atom stereocenters. The highest BCUT2D eigenvalue weighted by atomic mass is 32.2. The minimum Gasteiger partial charge on any atom is -0.345 e. The number of benzene rings is 3. The second-order valence-corrected chi connectivity index (χ2v) is 9.22. The van der Waals surface area contributed by atoms with Crippen LogP contribution in [0.3, 0.4) is 0 Å². The first-order chi connectivity index (χ1) is 16.7. The molecule has 0 saturated heterocycles. The Kier molecular flexibility index (Phi) is 8.34. The average molecular weight is 495 g/mol. The Balaban J connectivity index is 1.63. The molecule has 0 aliphatic carbocycles. The van der Waals surface area contributed by atoms with Gasteiger partial charge in [-0.25, -0.2) is 13.6 Å². The fraction of sp³-hybridized carbons (Fsp3) is 0.160. The summed E-state index contributed by atoms with van der Waals surface area (Å²) in [6.07, 6.45) is 1.11. The van der Waals surface area contributed by atoms with E-state index in [4.69, 9.17) is 5.14 Å². The van der Waals surface area contributed by atoms with E-state index in [1.165, 1.54) is 0 Å². The van der Waals surface area contributed by atoms with Crippen molar-refractivity contribution in [3.63, 3.8) is 0 Å². The molecule has 0 aliphatic heterocycles. The van der Waals surface area contributed by atoms with E-state index < -0.39 is 21.8 Å². The van der Waals surface area contributed by atoms with Gasteiger partial charge in [-0.3, -0.25) is 14.4 Å². The molecule has 0 aromatic heterocycles. The van der Waals surface area contributed by atoms with E-state index in [1.807, 2.05) is 49.4 Å². The largest absolute Gasteiger partial charge is 0.345 e. The standard InChI is InChI=1S/C25H26N4O5S/c1-17(20-13-6-10-18-8-2-4-11-21(18)20)29-23(30)22-12-5-3-9-19(22)16-28-25(32)24(31)27-14-7-15-35(26,33)34/h2-13,15,17H,14,16H2,1H3,(H,27,31)(H,28,32)(H,29,30)(H2,26,33,34)/b15-7+. The van der Waals surface area contributed by atoms with Gasteiger partial charge < -0.3 is 16.0 Å². The predicted octanol–water partition coefficient (Wildman–Crippen LogP) is 1.87. The van der Waals surface area contributed by atoms with E-state index in [0.717, 1.165) is 27.8 Å². The molecule has 0 bridgehead atoms. The Bertz CT molecular complexity index is 1380. The van der Waals surface area contributed by atoms with Gasteiger partial charge in [0.1, 0.15) is 0 Å². The van der Waals surface area contributed by atoms with Crippen LogP contribution < -0.4 is 21.1 Å². The Hall–Kier alpha value is -4.02. The number of hydrogen-bond donors (Lipinski definition) is 4. The first-order valence-corrected chi connectivity index (χ1v) is 12.4. The normalized spacial score (nSPS) is 12.3. The molecule has 0 radical (unpaired) electrons. The lowest BCUT2D eigenvalue weighted by atomic mass is 9.99. The Morgan fingerprint density at radius 2 is 1.57 bits per heavy atom. The SMILES string of the molecule is CC(NC(=O)c1ccccc1CNC(=O)C(=O)NC/C=C/S(N)(=O)=O)c1cccc2ccccc12. The summed E-state index contributed by atoms with van der Waals surface area (Å²) in [6.45, 7) is 1.66. The van der Waals surface area contributed by atoms with Gasteiger partial charge in [-0.05, 0) is 34.9 Å². The zero-order valence-electron chi connectivity index (χ0n) is 19.0. The van der Waals surface area contributed by atoms with E-state index in [1.54, 1.807) is 24.3 Å². The second-order valence-electron chi connectivity index (χ2n) is 7.77. The minimum absolute atomic E-state index is 0.0501. The molecule has 0 spiro atoms. The first kappa shape index (κ1) is 25.6. The number of carbonyl (C=O) groups excluding carboxylic acids is 3. The summed E-state index contributed by atoms with van der Waals surface area (Å²) >= 11 is 0. The second kappa shape index (κ2) is 11.4. The van der Waals surface area contributed by atoms with Crippen molar-refractivity contribution in [3.8, 4) is 0 Å². The number of amides is 3. The first-order valence-electron chi connectivity index (χ1n) is 10.8. The van der Waals surface area contributed by atoms with E-state index >= 15 is 0 Å². The van der Waals surface area contributed by atoms with Crippen molar-refractivity contribution in [2.45, 2.75) is 19.5 Å². The van der Waals surface area contributed by atoms with E-state index in [-0.39, 0.29) is 25.0 Å². The number of carbonyl (C=O) groups is 3. The molecule has 0 heterocycles.